The molecule has 0 radical (unpaired) electrons. The van der Waals surface area contributed by atoms with Gasteiger partial charge in [-0.3, -0.25) is 19.3 Å². The molecule has 3 amide bonds. The third-order valence-corrected chi connectivity index (χ3v) is 7.96. The highest BCUT2D eigenvalue weighted by atomic mass is 127. The van der Waals surface area contributed by atoms with Gasteiger partial charge in [0.2, 0.25) is 5.91 Å². The second-order valence-electron chi connectivity index (χ2n) is 8.14. The Labute approximate surface area is 257 Å². The number of halogens is 2. The average Bonchev–Trinajstić information content (AvgIpc) is 3.16. The predicted octanol–water partition coefficient (Wildman–Crippen LogP) is 6.42. The molecular weight excluding hydrogens is 744 g/mol. The van der Waals surface area contributed by atoms with Crippen LogP contribution in [-0.2, 0) is 16.2 Å². The van der Waals surface area contributed by atoms with Crippen molar-refractivity contribution < 1.29 is 23.9 Å². The van der Waals surface area contributed by atoms with Crippen LogP contribution in [-0.4, -0.2) is 35.1 Å². The lowest BCUT2D eigenvalue weighted by Crippen LogP contribution is -2.36. The van der Waals surface area contributed by atoms with E-state index < -0.39 is 17.1 Å². The minimum atomic E-state index is -0.523. The van der Waals surface area contributed by atoms with Crippen molar-refractivity contribution in [1.29, 1.82) is 5.26 Å². The molecule has 0 atom stereocenters. The van der Waals surface area contributed by atoms with Crippen LogP contribution < -0.4 is 14.8 Å². The minimum absolute atomic E-state index is 0.233. The summed E-state index contributed by atoms with van der Waals surface area (Å²) in [6.45, 7) is 2.27. The number of amides is 3. The van der Waals surface area contributed by atoms with Gasteiger partial charge in [-0.05, 0) is 118 Å². The maximum Gasteiger partial charge on any atom is 0.294 e. The summed E-state index contributed by atoms with van der Waals surface area (Å²) in [5, 5.41) is 11.5. The van der Waals surface area contributed by atoms with Crippen LogP contribution in [0.15, 0.2) is 65.6 Å². The summed E-state index contributed by atoms with van der Waals surface area (Å²) in [5.41, 5.74) is 2.60. The molecule has 198 valence electrons. The number of nitrogens with zero attached hydrogens (tertiary/aromatic N) is 2. The van der Waals surface area contributed by atoms with Gasteiger partial charge < -0.3 is 14.8 Å². The van der Waals surface area contributed by atoms with E-state index in [0.29, 0.717) is 29.4 Å². The Kier molecular flexibility index (Phi) is 9.87. The van der Waals surface area contributed by atoms with Gasteiger partial charge in [-0.1, -0.05) is 18.2 Å². The SMILES string of the molecule is CCOc1ccc(NC(=O)CN2C(=O)S/C(=C/c3cc(I)c(OCc4ccccc4C#N)c(I)c3)C2=O)cc1. The summed E-state index contributed by atoms with van der Waals surface area (Å²) in [5.74, 6) is 0.344. The second kappa shape index (κ2) is 13.3. The van der Waals surface area contributed by atoms with Crippen molar-refractivity contribution in [3.05, 3.63) is 89.4 Å². The normalized spacial score (nSPS) is 13.9. The molecule has 0 unspecified atom stereocenters. The molecule has 0 spiro atoms. The number of hydrogen-bond acceptors (Lipinski definition) is 7. The molecule has 0 aliphatic carbocycles. The van der Waals surface area contributed by atoms with E-state index in [1.54, 1.807) is 42.5 Å². The zero-order chi connectivity index (χ0) is 27.9. The van der Waals surface area contributed by atoms with Crippen molar-refractivity contribution in [2.75, 3.05) is 18.5 Å². The first-order chi connectivity index (χ1) is 18.8. The van der Waals surface area contributed by atoms with Gasteiger partial charge in [0.25, 0.3) is 11.1 Å². The minimum Gasteiger partial charge on any atom is -0.494 e. The summed E-state index contributed by atoms with van der Waals surface area (Å²) in [7, 11) is 0. The Morgan fingerprint density at radius 1 is 1.08 bits per heavy atom. The van der Waals surface area contributed by atoms with Crippen molar-refractivity contribution in [2.45, 2.75) is 13.5 Å². The first-order valence-electron chi connectivity index (χ1n) is 11.7. The van der Waals surface area contributed by atoms with Crippen LogP contribution in [0.5, 0.6) is 11.5 Å². The van der Waals surface area contributed by atoms with E-state index in [1.165, 1.54) is 0 Å². The maximum atomic E-state index is 12.9. The monoisotopic (exact) mass is 765 g/mol. The number of benzene rings is 3. The molecule has 0 saturated carbocycles. The number of anilines is 1. The molecule has 0 bridgehead atoms. The molecule has 0 aromatic heterocycles. The van der Waals surface area contributed by atoms with Crippen LogP contribution in [0.1, 0.15) is 23.6 Å². The molecular formula is C28H21I2N3O5S. The van der Waals surface area contributed by atoms with E-state index in [4.69, 9.17) is 9.47 Å². The average molecular weight is 765 g/mol. The van der Waals surface area contributed by atoms with Crippen LogP contribution >= 0.6 is 56.9 Å². The van der Waals surface area contributed by atoms with E-state index in [-0.39, 0.29) is 18.1 Å². The molecule has 3 aromatic rings. The Morgan fingerprint density at radius 2 is 1.77 bits per heavy atom. The highest BCUT2D eigenvalue weighted by Crippen LogP contribution is 2.35. The summed E-state index contributed by atoms with van der Waals surface area (Å²) in [4.78, 5) is 39.2. The molecule has 1 fully saturated rings. The smallest absolute Gasteiger partial charge is 0.294 e. The second-order valence-corrected chi connectivity index (χ2v) is 11.5. The Morgan fingerprint density at radius 3 is 2.44 bits per heavy atom. The van der Waals surface area contributed by atoms with Gasteiger partial charge in [-0.2, -0.15) is 5.26 Å². The van der Waals surface area contributed by atoms with Gasteiger partial charge >= 0.3 is 0 Å². The number of nitriles is 1. The summed E-state index contributed by atoms with van der Waals surface area (Å²) < 4.78 is 13.0. The molecule has 39 heavy (non-hydrogen) atoms. The lowest BCUT2D eigenvalue weighted by atomic mass is 10.1. The number of carbonyl (C=O) groups excluding carboxylic acids is 3. The van der Waals surface area contributed by atoms with E-state index in [1.807, 2.05) is 31.2 Å². The van der Waals surface area contributed by atoms with Crippen LogP contribution in [0.2, 0.25) is 0 Å². The molecule has 8 nitrogen and oxygen atoms in total. The van der Waals surface area contributed by atoms with Gasteiger partial charge in [0.15, 0.2) is 0 Å². The first kappa shape index (κ1) is 28.9. The van der Waals surface area contributed by atoms with Gasteiger partial charge in [0, 0.05) is 11.3 Å². The van der Waals surface area contributed by atoms with Crippen molar-refractivity contribution in [2.24, 2.45) is 0 Å². The lowest BCUT2D eigenvalue weighted by Gasteiger charge is -2.13. The zero-order valence-electron chi connectivity index (χ0n) is 20.6. The highest BCUT2D eigenvalue weighted by Gasteiger charge is 2.36. The van der Waals surface area contributed by atoms with Gasteiger partial charge in [-0.15, -0.1) is 0 Å². The fourth-order valence-corrected chi connectivity index (χ4v) is 6.60. The number of rotatable bonds is 9. The molecule has 1 N–H and O–H groups in total. The fraction of sp³-hybridized carbons (Fsp3) is 0.143. The molecule has 1 aliphatic rings. The van der Waals surface area contributed by atoms with E-state index in [0.717, 1.165) is 34.9 Å². The maximum absolute atomic E-state index is 12.9. The molecule has 1 heterocycles. The van der Waals surface area contributed by atoms with Crippen LogP contribution in [0.3, 0.4) is 0 Å². The summed E-state index contributed by atoms with van der Waals surface area (Å²) >= 11 is 5.10. The van der Waals surface area contributed by atoms with E-state index >= 15 is 0 Å². The first-order valence-corrected chi connectivity index (χ1v) is 14.6. The zero-order valence-corrected chi connectivity index (χ0v) is 25.7. The van der Waals surface area contributed by atoms with Crippen molar-refractivity contribution in [1.82, 2.24) is 4.90 Å². The summed E-state index contributed by atoms with van der Waals surface area (Å²) in [6.07, 6.45) is 1.63. The van der Waals surface area contributed by atoms with Crippen LogP contribution in [0, 0.1) is 18.5 Å². The van der Waals surface area contributed by atoms with Crippen molar-refractivity contribution >= 4 is 85.8 Å². The van der Waals surface area contributed by atoms with Crippen molar-refractivity contribution in [3.8, 4) is 17.6 Å². The summed E-state index contributed by atoms with van der Waals surface area (Å²) in [6, 6.07) is 20.0. The number of imide groups is 1. The Bertz CT molecular complexity index is 1480. The number of hydrogen-bond donors (Lipinski definition) is 1. The van der Waals surface area contributed by atoms with Gasteiger partial charge in [0.05, 0.1) is 30.3 Å². The Balaban J connectivity index is 1.42. The van der Waals surface area contributed by atoms with Crippen LogP contribution in [0.25, 0.3) is 6.08 Å². The quantitative estimate of drug-likeness (QED) is 0.198. The van der Waals surface area contributed by atoms with Crippen LogP contribution in [0.4, 0.5) is 10.5 Å². The van der Waals surface area contributed by atoms with E-state index in [9.17, 15) is 19.6 Å². The molecule has 1 saturated heterocycles. The number of ether oxygens (including phenoxy) is 2. The largest absolute Gasteiger partial charge is 0.494 e. The van der Waals surface area contributed by atoms with Crippen molar-refractivity contribution in [3.63, 3.8) is 0 Å². The number of thioether (sulfide) groups is 1. The fourth-order valence-electron chi connectivity index (χ4n) is 3.64. The number of nitrogens with one attached hydrogen (secondary N) is 1. The third kappa shape index (κ3) is 7.31. The topological polar surface area (TPSA) is 109 Å². The number of carbonyl (C=O) groups is 3. The Hall–Kier alpha value is -3.09. The molecule has 4 rings (SSSR count). The standard InChI is InChI=1S/C28H21I2N3O5S/c1-2-37-21-9-7-20(8-10-21)32-25(34)15-33-27(35)24(39-28(33)36)13-17-11-22(29)26(23(30)12-17)38-16-19-6-4-3-5-18(19)14-31/h3-13H,2,15-16H2,1H3,(H,32,34)/b24-13+. The molecule has 11 heteroatoms. The predicted molar refractivity (Wildman–Crippen MR) is 166 cm³/mol. The third-order valence-electron chi connectivity index (χ3n) is 5.45. The van der Waals surface area contributed by atoms with Gasteiger partial charge in [0.1, 0.15) is 24.7 Å². The lowest BCUT2D eigenvalue weighted by molar-refractivity contribution is -0.127. The van der Waals surface area contributed by atoms with Gasteiger partial charge in [-0.25, -0.2) is 0 Å². The van der Waals surface area contributed by atoms with E-state index in [2.05, 4.69) is 56.6 Å². The highest BCUT2D eigenvalue weighted by molar-refractivity contribution is 14.1. The molecule has 3 aromatic carbocycles. The molecule has 1 aliphatic heterocycles.